The molecule has 2 heterocycles. The van der Waals surface area contributed by atoms with Gasteiger partial charge in [0.2, 0.25) is 11.8 Å². The summed E-state index contributed by atoms with van der Waals surface area (Å²) in [6.07, 6.45) is 2.69. The van der Waals surface area contributed by atoms with Crippen LogP contribution in [0.25, 0.3) is 0 Å². The van der Waals surface area contributed by atoms with Crippen molar-refractivity contribution in [2.45, 2.75) is 38.8 Å². The maximum atomic E-state index is 12.4. The lowest BCUT2D eigenvalue weighted by atomic mass is 9.89. The van der Waals surface area contributed by atoms with Crippen molar-refractivity contribution in [2.75, 3.05) is 6.54 Å². The second-order valence-corrected chi connectivity index (χ2v) is 4.48. The zero-order chi connectivity index (χ0) is 13.2. The number of piperazine rings is 1. The Morgan fingerprint density at radius 2 is 2.17 bits per heavy atom. The van der Waals surface area contributed by atoms with Crippen molar-refractivity contribution in [3.05, 3.63) is 18.0 Å². The third-order valence-electron chi connectivity index (χ3n) is 3.45. The highest BCUT2D eigenvalue weighted by Crippen LogP contribution is 2.23. The number of nitrogens with one attached hydrogen (secondary N) is 1. The molecule has 1 N–H and O–H groups in total. The van der Waals surface area contributed by atoms with Crippen LogP contribution in [0.1, 0.15) is 32.4 Å². The van der Waals surface area contributed by atoms with Crippen LogP contribution >= 0.6 is 0 Å². The molecule has 18 heavy (non-hydrogen) atoms. The minimum absolute atomic E-state index is 0.0523. The molecule has 0 spiro atoms. The molecule has 6 nitrogen and oxygen atoms in total. The smallest absolute Gasteiger partial charge is 0.249 e. The summed E-state index contributed by atoms with van der Waals surface area (Å²) in [6.45, 7) is 4.16. The number of nitrogens with zero attached hydrogens (tertiary/aromatic N) is 2. The van der Waals surface area contributed by atoms with E-state index < -0.39 is 5.54 Å². The normalized spacial score (nSPS) is 18.9. The van der Waals surface area contributed by atoms with E-state index in [-0.39, 0.29) is 24.9 Å². The lowest BCUT2D eigenvalue weighted by molar-refractivity contribution is -0.151. The van der Waals surface area contributed by atoms with Crippen molar-refractivity contribution in [3.63, 3.8) is 0 Å². The molecule has 0 unspecified atom stereocenters. The number of aromatic nitrogens is 1. The fourth-order valence-electron chi connectivity index (χ4n) is 2.28. The molecule has 0 bridgehead atoms. The topological polar surface area (TPSA) is 75.4 Å². The molecule has 1 aromatic heterocycles. The maximum absolute atomic E-state index is 12.4. The lowest BCUT2D eigenvalue weighted by Gasteiger charge is -2.40. The first-order valence-electron chi connectivity index (χ1n) is 6.11. The average Bonchev–Trinajstić information content (AvgIpc) is 2.86. The van der Waals surface area contributed by atoms with Gasteiger partial charge in [0.1, 0.15) is 12.1 Å². The van der Waals surface area contributed by atoms with Crippen LogP contribution in [0.3, 0.4) is 0 Å². The molecule has 1 aliphatic heterocycles. The molecule has 0 aliphatic carbocycles. The van der Waals surface area contributed by atoms with Crippen LogP contribution in [0.4, 0.5) is 0 Å². The van der Waals surface area contributed by atoms with Crippen molar-refractivity contribution < 1.29 is 14.1 Å². The molecule has 2 rings (SSSR count). The van der Waals surface area contributed by atoms with Gasteiger partial charge in [0, 0.05) is 6.07 Å². The summed E-state index contributed by atoms with van der Waals surface area (Å²) in [5, 5.41) is 6.41. The Bertz CT molecular complexity index is 437. The van der Waals surface area contributed by atoms with Gasteiger partial charge >= 0.3 is 0 Å². The molecule has 1 aromatic rings. The summed E-state index contributed by atoms with van der Waals surface area (Å²) in [6, 6.07) is 1.69. The minimum Gasteiger partial charge on any atom is -0.360 e. The van der Waals surface area contributed by atoms with Gasteiger partial charge in [-0.05, 0) is 12.8 Å². The standard InChI is InChI=1S/C12H17N3O3/c1-3-12(4-2)11(17)15(8-10(16)14-12)7-9-5-6-13-18-9/h5-6H,3-4,7-8H2,1-2H3,(H,14,16). The van der Waals surface area contributed by atoms with Gasteiger partial charge in [-0.1, -0.05) is 19.0 Å². The molecular formula is C12H17N3O3. The van der Waals surface area contributed by atoms with E-state index in [0.29, 0.717) is 18.6 Å². The first-order valence-corrected chi connectivity index (χ1v) is 6.11. The molecule has 98 valence electrons. The Morgan fingerprint density at radius 3 is 2.72 bits per heavy atom. The van der Waals surface area contributed by atoms with Crippen LogP contribution in [0.15, 0.2) is 16.8 Å². The van der Waals surface area contributed by atoms with E-state index in [1.54, 1.807) is 6.07 Å². The molecule has 0 radical (unpaired) electrons. The molecule has 0 aromatic carbocycles. The van der Waals surface area contributed by atoms with E-state index in [2.05, 4.69) is 10.5 Å². The van der Waals surface area contributed by atoms with Gasteiger partial charge in [0.05, 0.1) is 12.7 Å². The Labute approximate surface area is 105 Å². The Balaban J connectivity index is 2.20. The molecule has 1 fully saturated rings. The van der Waals surface area contributed by atoms with Crippen LogP contribution in [0.2, 0.25) is 0 Å². The van der Waals surface area contributed by atoms with E-state index in [9.17, 15) is 9.59 Å². The van der Waals surface area contributed by atoms with Gasteiger partial charge in [-0.3, -0.25) is 9.59 Å². The van der Waals surface area contributed by atoms with E-state index in [1.807, 2.05) is 13.8 Å². The van der Waals surface area contributed by atoms with Crippen molar-refractivity contribution in [1.29, 1.82) is 0 Å². The predicted octanol–water partition coefficient (Wildman–Crippen LogP) is 0.692. The average molecular weight is 251 g/mol. The van der Waals surface area contributed by atoms with Crippen molar-refractivity contribution in [1.82, 2.24) is 15.4 Å². The summed E-state index contributed by atoms with van der Waals surface area (Å²) in [5.74, 6) is 0.403. The largest absolute Gasteiger partial charge is 0.360 e. The molecule has 0 atom stereocenters. The first-order chi connectivity index (χ1) is 8.61. The Hall–Kier alpha value is -1.85. The SMILES string of the molecule is CCC1(CC)NC(=O)CN(Cc2ccno2)C1=O. The zero-order valence-corrected chi connectivity index (χ0v) is 10.6. The van der Waals surface area contributed by atoms with Crippen LogP contribution in [0.5, 0.6) is 0 Å². The third-order valence-corrected chi connectivity index (χ3v) is 3.45. The van der Waals surface area contributed by atoms with Gasteiger partial charge in [-0.25, -0.2) is 0 Å². The number of hydrogen-bond acceptors (Lipinski definition) is 4. The summed E-state index contributed by atoms with van der Waals surface area (Å²) in [5.41, 5.74) is -0.768. The molecule has 6 heteroatoms. The summed E-state index contributed by atoms with van der Waals surface area (Å²) in [7, 11) is 0. The second-order valence-electron chi connectivity index (χ2n) is 4.48. The Morgan fingerprint density at radius 1 is 1.44 bits per heavy atom. The second kappa shape index (κ2) is 4.80. The van der Waals surface area contributed by atoms with Gasteiger partial charge in [0.15, 0.2) is 5.76 Å². The van der Waals surface area contributed by atoms with Crippen LogP contribution in [0, 0.1) is 0 Å². The number of amides is 2. The van der Waals surface area contributed by atoms with Crippen LogP contribution in [-0.4, -0.2) is 34.0 Å². The zero-order valence-electron chi connectivity index (χ0n) is 10.6. The van der Waals surface area contributed by atoms with Crippen LogP contribution in [-0.2, 0) is 16.1 Å². The van der Waals surface area contributed by atoms with Gasteiger partial charge in [-0.15, -0.1) is 0 Å². The van der Waals surface area contributed by atoms with E-state index in [4.69, 9.17) is 4.52 Å². The minimum atomic E-state index is -0.768. The Kier molecular flexibility index (Phi) is 3.36. The molecular weight excluding hydrogens is 234 g/mol. The molecule has 2 amide bonds. The van der Waals surface area contributed by atoms with Crippen molar-refractivity contribution in [2.24, 2.45) is 0 Å². The first kappa shape index (κ1) is 12.6. The number of carbonyl (C=O) groups is 2. The monoisotopic (exact) mass is 251 g/mol. The number of hydrogen-bond donors (Lipinski definition) is 1. The quantitative estimate of drug-likeness (QED) is 0.854. The van der Waals surface area contributed by atoms with Crippen molar-refractivity contribution >= 4 is 11.8 Å². The number of carbonyl (C=O) groups excluding carboxylic acids is 2. The lowest BCUT2D eigenvalue weighted by Crippen LogP contribution is -2.65. The maximum Gasteiger partial charge on any atom is 0.249 e. The van der Waals surface area contributed by atoms with Crippen LogP contribution < -0.4 is 5.32 Å². The van der Waals surface area contributed by atoms with Gasteiger partial charge in [0.25, 0.3) is 0 Å². The molecule has 0 saturated carbocycles. The fraction of sp³-hybridized carbons (Fsp3) is 0.583. The number of rotatable bonds is 4. The highest BCUT2D eigenvalue weighted by molar-refractivity contribution is 5.97. The highest BCUT2D eigenvalue weighted by atomic mass is 16.5. The highest BCUT2D eigenvalue weighted by Gasteiger charge is 2.44. The summed E-state index contributed by atoms with van der Waals surface area (Å²) >= 11 is 0. The van der Waals surface area contributed by atoms with Gasteiger partial charge < -0.3 is 14.7 Å². The third kappa shape index (κ3) is 2.10. The van der Waals surface area contributed by atoms with E-state index in [1.165, 1.54) is 11.1 Å². The molecule has 1 saturated heterocycles. The summed E-state index contributed by atoms with van der Waals surface area (Å²) < 4.78 is 4.98. The van der Waals surface area contributed by atoms with E-state index >= 15 is 0 Å². The van der Waals surface area contributed by atoms with E-state index in [0.717, 1.165) is 0 Å². The summed E-state index contributed by atoms with van der Waals surface area (Å²) in [4.78, 5) is 25.7. The fourth-order valence-corrected chi connectivity index (χ4v) is 2.28. The molecule has 1 aliphatic rings. The van der Waals surface area contributed by atoms with Gasteiger partial charge in [-0.2, -0.15) is 0 Å². The van der Waals surface area contributed by atoms with Crippen molar-refractivity contribution in [3.8, 4) is 0 Å². The predicted molar refractivity (Wildman–Crippen MR) is 63.4 cm³/mol.